The Morgan fingerprint density at radius 3 is 2.67 bits per heavy atom. The molecule has 2 N–H and O–H groups in total. The summed E-state index contributed by atoms with van der Waals surface area (Å²) in [6.45, 7) is 3.91. The van der Waals surface area contributed by atoms with E-state index in [0.29, 0.717) is 13.0 Å². The maximum absolute atomic E-state index is 13.9. The monoisotopic (exact) mass is 460 g/mol. The molecule has 2 saturated heterocycles. The Labute approximate surface area is 193 Å². The number of urea groups is 1. The topological polar surface area (TPSA) is 91.0 Å². The normalized spacial score (nSPS) is 26.5. The van der Waals surface area contributed by atoms with E-state index in [9.17, 15) is 18.8 Å². The van der Waals surface area contributed by atoms with Gasteiger partial charge < -0.3 is 15.4 Å². The number of amides is 4. The molecule has 3 fully saturated rings. The number of nitrogens with one attached hydrogen (secondary N) is 2. The van der Waals surface area contributed by atoms with Gasteiger partial charge in [0.05, 0.1) is 7.11 Å². The number of halogens is 1. The number of piperidine rings is 1. The Kier molecular flexibility index (Phi) is 6.88. The minimum absolute atomic E-state index is 0.00955. The molecular weight excluding hydrogens is 427 g/mol. The highest BCUT2D eigenvalue weighted by atomic mass is 19.1. The number of methoxy groups -OCH3 is 1. The Morgan fingerprint density at radius 1 is 1.24 bits per heavy atom. The molecule has 1 saturated carbocycles. The molecule has 4 rings (SSSR count). The van der Waals surface area contributed by atoms with Gasteiger partial charge in [-0.3, -0.25) is 19.4 Å². The molecule has 2 aliphatic heterocycles. The Balaban J connectivity index is 1.25. The number of carbonyl (C=O) groups is 3. The summed E-state index contributed by atoms with van der Waals surface area (Å²) in [5, 5.41) is 5.87. The second-order valence-electron chi connectivity index (χ2n) is 9.53. The van der Waals surface area contributed by atoms with Gasteiger partial charge in [-0.25, -0.2) is 9.18 Å². The van der Waals surface area contributed by atoms with Crippen molar-refractivity contribution in [3.63, 3.8) is 0 Å². The fourth-order valence-electron chi connectivity index (χ4n) is 5.36. The first-order valence-corrected chi connectivity index (χ1v) is 11.8. The zero-order valence-electron chi connectivity index (χ0n) is 19.4. The summed E-state index contributed by atoms with van der Waals surface area (Å²) >= 11 is 0. The number of nitrogens with zero attached hydrogens (tertiary/aromatic N) is 2. The molecule has 0 radical (unpaired) electrons. The SMILES string of the molecule is COc1ccc(CN2CCC(NC(=O)CN3C(=O)NC4(CCCCC4C)C3=O)CC2)cc1F. The maximum Gasteiger partial charge on any atom is 0.325 e. The summed E-state index contributed by atoms with van der Waals surface area (Å²) < 4.78 is 18.9. The Bertz CT molecular complexity index is 918. The standard InChI is InChI=1S/C24H33FN4O4/c1-16-5-3-4-10-24(16)22(31)29(23(32)27-24)15-21(30)26-18-8-11-28(12-9-18)14-17-6-7-20(33-2)19(25)13-17/h6-7,13,16,18H,3-5,8-12,14-15H2,1-2H3,(H,26,30)(H,27,32). The van der Waals surface area contributed by atoms with E-state index in [0.717, 1.165) is 55.7 Å². The van der Waals surface area contributed by atoms with Crippen molar-refractivity contribution in [3.8, 4) is 5.75 Å². The number of carbonyl (C=O) groups excluding carboxylic acids is 3. The zero-order valence-corrected chi connectivity index (χ0v) is 19.4. The summed E-state index contributed by atoms with van der Waals surface area (Å²) in [5.74, 6) is -0.651. The van der Waals surface area contributed by atoms with E-state index in [1.165, 1.54) is 13.2 Å². The predicted molar refractivity (Wildman–Crippen MR) is 120 cm³/mol. The van der Waals surface area contributed by atoms with Gasteiger partial charge in [0.25, 0.3) is 5.91 Å². The van der Waals surface area contributed by atoms with Crippen molar-refractivity contribution in [2.45, 2.75) is 63.6 Å². The van der Waals surface area contributed by atoms with Gasteiger partial charge in [-0.15, -0.1) is 0 Å². The van der Waals surface area contributed by atoms with Gasteiger partial charge in [0.15, 0.2) is 11.6 Å². The fourth-order valence-corrected chi connectivity index (χ4v) is 5.36. The van der Waals surface area contributed by atoms with Gasteiger partial charge in [0, 0.05) is 25.7 Å². The summed E-state index contributed by atoms with van der Waals surface area (Å²) in [6, 6.07) is 4.50. The summed E-state index contributed by atoms with van der Waals surface area (Å²) in [6.07, 6.45) is 5.00. The van der Waals surface area contributed by atoms with Crippen LogP contribution in [0.15, 0.2) is 18.2 Å². The minimum atomic E-state index is -0.845. The van der Waals surface area contributed by atoms with E-state index >= 15 is 0 Å². The quantitative estimate of drug-likeness (QED) is 0.637. The molecule has 33 heavy (non-hydrogen) atoms. The number of benzene rings is 1. The van der Waals surface area contributed by atoms with E-state index in [1.807, 2.05) is 13.0 Å². The molecule has 4 amide bonds. The van der Waals surface area contributed by atoms with E-state index in [2.05, 4.69) is 15.5 Å². The van der Waals surface area contributed by atoms with Gasteiger partial charge >= 0.3 is 6.03 Å². The zero-order chi connectivity index (χ0) is 23.6. The third-order valence-electron chi connectivity index (χ3n) is 7.38. The highest BCUT2D eigenvalue weighted by Gasteiger charge is 2.55. The molecule has 1 spiro atoms. The second kappa shape index (κ2) is 9.67. The predicted octanol–water partition coefficient (Wildman–Crippen LogP) is 2.42. The van der Waals surface area contributed by atoms with Crippen LogP contribution in [0.25, 0.3) is 0 Å². The van der Waals surface area contributed by atoms with Crippen LogP contribution < -0.4 is 15.4 Å². The van der Waals surface area contributed by atoms with Crippen molar-refractivity contribution in [2.75, 3.05) is 26.7 Å². The lowest BCUT2D eigenvalue weighted by Crippen LogP contribution is -2.54. The van der Waals surface area contributed by atoms with Crippen LogP contribution in [0, 0.1) is 11.7 Å². The smallest absolute Gasteiger partial charge is 0.325 e. The lowest BCUT2D eigenvalue weighted by atomic mass is 9.73. The highest BCUT2D eigenvalue weighted by molar-refractivity contribution is 6.09. The molecule has 180 valence electrons. The number of rotatable bonds is 6. The molecule has 1 aliphatic carbocycles. The number of ether oxygens (including phenoxy) is 1. The van der Waals surface area contributed by atoms with Crippen LogP contribution in [0.4, 0.5) is 9.18 Å². The number of imide groups is 1. The lowest BCUT2D eigenvalue weighted by Gasteiger charge is -2.36. The van der Waals surface area contributed by atoms with Gasteiger partial charge in [-0.1, -0.05) is 25.8 Å². The van der Waals surface area contributed by atoms with Crippen LogP contribution in [-0.4, -0.2) is 66.0 Å². The summed E-state index contributed by atoms with van der Waals surface area (Å²) in [5.41, 5.74) is 0.0298. The highest BCUT2D eigenvalue weighted by Crippen LogP contribution is 2.38. The van der Waals surface area contributed by atoms with E-state index in [1.54, 1.807) is 6.07 Å². The van der Waals surface area contributed by atoms with Crippen molar-refractivity contribution >= 4 is 17.8 Å². The van der Waals surface area contributed by atoms with Crippen LogP contribution in [0.5, 0.6) is 5.75 Å². The van der Waals surface area contributed by atoms with Crippen LogP contribution in [-0.2, 0) is 16.1 Å². The van der Waals surface area contributed by atoms with Gasteiger partial charge in [-0.2, -0.15) is 0 Å². The molecule has 1 aromatic carbocycles. The van der Waals surface area contributed by atoms with Crippen LogP contribution >= 0.6 is 0 Å². The summed E-state index contributed by atoms with van der Waals surface area (Å²) in [7, 11) is 1.44. The van der Waals surface area contributed by atoms with Gasteiger partial charge in [0.1, 0.15) is 12.1 Å². The molecule has 3 aliphatic rings. The molecule has 2 unspecified atom stereocenters. The van der Waals surface area contributed by atoms with Gasteiger partial charge in [0.2, 0.25) is 5.91 Å². The van der Waals surface area contributed by atoms with Crippen molar-refractivity contribution < 1.29 is 23.5 Å². The van der Waals surface area contributed by atoms with Crippen molar-refractivity contribution in [2.24, 2.45) is 5.92 Å². The first-order chi connectivity index (χ1) is 15.8. The first kappa shape index (κ1) is 23.5. The van der Waals surface area contributed by atoms with Crippen molar-refractivity contribution in [1.29, 1.82) is 0 Å². The largest absolute Gasteiger partial charge is 0.494 e. The Hall–Kier alpha value is -2.68. The fraction of sp³-hybridized carbons (Fsp3) is 0.625. The van der Waals surface area contributed by atoms with E-state index in [-0.39, 0.29) is 41.9 Å². The van der Waals surface area contributed by atoms with Crippen LogP contribution in [0.3, 0.4) is 0 Å². The molecule has 9 heteroatoms. The third-order valence-corrected chi connectivity index (χ3v) is 7.38. The van der Waals surface area contributed by atoms with Crippen molar-refractivity contribution in [1.82, 2.24) is 20.4 Å². The number of hydrogen-bond acceptors (Lipinski definition) is 5. The van der Waals surface area contributed by atoms with Crippen molar-refractivity contribution in [3.05, 3.63) is 29.6 Å². The van der Waals surface area contributed by atoms with E-state index < -0.39 is 11.6 Å². The van der Waals surface area contributed by atoms with E-state index in [4.69, 9.17) is 4.74 Å². The average molecular weight is 461 g/mol. The molecule has 1 aromatic rings. The molecule has 0 bridgehead atoms. The summed E-state index contributed by atoms with van der Waals surface area (Å²) in [4.78, 5) is 41.4. The maximum atomic E-state index is 13.9. The molecular formula is C24H33FN4O4. The molecule has 2 heterocycles. The lowest BCUT2D eigenvalue weighted by molar-refractivity contribution is -0.137. The molecule has 0 aromatic heterocycles. The van der Waals surface area contributed by atoms with Gasteiger partial charge in [-0.05, 0) is 49.3 Å². The number of likely N-dealkylation sites (tertiary alicyclic amines) is 1. The van der Waals surface area contributed by atoms with Crippen LogP contribution in [0.1, 0.15) is 51.0 Å². The Morgan fingerprint density at radius 2 is 2.00 bits per heavy atom. The molecule has 2 atom stereocenters. The first-order valence-electron chi connectivity index (χ1n) is 11.8. The molecule has 8 nitrogen and oxygen atoms in total. The minimum Gasteiger partial charge on any atom is -0.494 e. The average Bonchev–Trinajstić information content (AvgIpc) is 3.02. The third kappa shape index (κ3) is 4.83. The second-order valence-corrected chi connectivity index (χ2v) is 9.53. The van der Waals surface area contributed by atoms with Crippen LogP contribution in [0.2, 0.25) is 0 Å². The number of hydrogen-bond donors (Lipinski definition) is 2.